The van der Waals surface area contributed by atoms with E-state index in [1.807, 2.05) is 0 Å². The maximum atomic E-state index is 4.80. The Morgan fingerprint density at radius 2 is 1.91 bits per heavy atom. The number of aryl methyl sites for hydroxylation is 1. The summed E-state index contributed by atoms with van der Waals surface area (Å²) < 4.78 is 2.16. The van der Waals surface area contributed by atoms with Gasteiger partial charge in [-0.15, -0.1) is 0 Å². The van der Waals surface area contributed by atoms with Crippen molar-refractivity contribution in [3.63, 3.8) is 0 Å². The van der Waals surface area contributed by atoms with Gasteiger partial charge in [0.2, 0.25) is 0 Å². The van der Waals surface area contributed by atoms with E-state index in [0.717, 1.165) is 5.69 Å². The Bertz CT molecular complexity index is 868. The maximum absolute atomic E-state index is 4.80. The Morgan fingerprint density at radius 3 is 2.61 bits per heavy atom. The van der Waals surface area contributed by atoms with E-state index in [0.29, 0.717) is 5.41 Å². The van der Waals surface area contributed by atoms with Gasteiger partial charge >= 0.3 is 0 Å². The smallest absolute Gasteiger partial charge is 0.0702 e. The lowest BCUT2D eigenvalue weighted by molar-refractivity contribution is 0.364. The average molecular weight is 303 g/mol. The Labute approximate surface area is 136 Å². The van der Waals surface area contributed by atoms with Crippen molar-refractivity contribution in [2.75, 3.05) is 19.6 Å². The molecule has 23 heavy (non-hydrogen) atoms. The standard InChI is InChI=1S/C20H21N3/c1-22-9-6-15-2-3-16(12-19(15)22)18-5-4-17(13-21-18)20-7-10-23(14-20)11-8-20/h2-6,9,12-13H,7-8,10-11,14H2,1H3. The summed E-state index contributed by atoms with van der Waals surface area (Å²) in [5.41, 5.74) is 5.34. The number of nitrogens with zero attached hydrogens (tertiary/aromatic N) is 3. The fourth-order valence-electron chi connectivity index (χ4n) is 4.41. The zero-order valence-electron chi connectivity index (χ0n) is 13.5. The molecule has 3 nitrogen and oxygen atoms in total. The van der Waals surface area contributed by atoms with Crippen molar-refractivity contribution in [1.82, 2.24) is 14.5 Å². The number of piperidine rings is 1. The minimum Gasteiger partial charge on any atom is -0.351 e. The molecule has 0 atom stereocenters. The molecule has 2 fully saturated rings. The minimum absolute atomic E-state index is 0.383. The third kappa shape index (κ3) is 1.96. The lowest BCUT2D eigenvalue weighted by Crippen LogP contribution is -2.24. The second-order valence-electron chi connectivity index (χ2n) is 7.19. The number of benzene rings is 1. The first kappa shape index (κ1) is 13.3. The third-order valence-electron chi connectivity index (χ3n) is 5.90. The molecule has 0 N–H and O–H groups in total. The van der Waals surface area contributed by atoms with Gasteiger partial charge in [-0.2, -0.15) is 0 Å². The summed E-state index contributed by atoms with van der Waals surface area (Å²) in [4.78, 5) is 7.38. The van der Waals surface area contributed by atoms with E-state index < -0.39 is 0 Å². The zero-order valence-corrected chi connectivity index (χ0v) is 13.5. The molecule has 116 valence electrons. The van der Waals surface area contributed by atoms with Crippen LogP contribution < -0.4 is 0 Å². The van der Waals surface area contributed by atoms with Crippen molar-refractivity contribution in [1.29, 1.82) is 0 Å². The molecule has 2 aliphatic rings. The first-order chi connectivity index (χ1) is 11.2. The van der Waals surface area contributed by atoms with Crippen LogP contribution in [0.3, 0.4) is 0 Å². The number of pyridine rings is 1. The summed E-state index contributed by atoms with van der Waals surface area (Å²) >= 11 is 0. The quantitative estimate of drug-likeness (QED) is 0.721. The minimum atomic E-state index is 0.383. The van der Waals surface area contributed by atoms with Gasteiger partial charge in [0.05, 0.1) is 5.69 Å². The fraction of sp³-hybridized carbons (Fsp3) is 0.350. The van der Waals surface area contributed by atoms with Gasteiger partial charge in [-0.1, -0.05) is 18.2 Å². The summed E-state index contributed by atoms with van der Waals surface area (Å²) in [6.07, 6.45) is 6.82. The van der Waals surface area contributed by atoms with Crippen LogP contribution in [-0.2, 0) is 12.5 Å². The van der Waals surface area contributed by atoms with Gasteiger partial charge in [0.1, 0.15) is 0 Å². The SMILES string of the molecule is Cn1ccc2ccc(-c3ccc(C45CCN(CC4)C5)cn3)cc21. The number of rotatable bonds is 2. The number of fused-ring (bicyclic) bond motifs is 3. The third-order valence-corrected chi connectivity index (χ3v) is 5.90. The summed E-state index contributed by atoms with van der Waals surface area (Å²) in [6, 6.07) is 13.3. The Hall–Kier alpha value is -2.13. The van der Waals surface area contributed by atoms with E-state index >= 15 is 0 Å². The molecule has 2 saturated heterocycles. The van der Waals surface area contributed by atoms with E-state index in [-0.39, 0.29) is 0 Å². The van der Waals surface area contributed by atoms with Crippen molar-refractivity contribution in [3.8, 4) is 11.3 Å². The van der Waals surface area contributed by atoms with Gasteiger partial charge in [0, 0.05) is 42.5 Å². The molecule has 5 rings (SSSR count). The van der Waals surface area contributed by atoms with E-state index in [9.17, 15) is 0 Å². The first-order valence-corrected chi connectivity index (χ1v) is 8.48. The van der Waals surface area contributed by atoms with Crippen LogP contribution in [0, 0.1) is 0 Å². The number of aromatic nitrogens is 2. The Morgan fingerprint density at radius 1 is 1.04 bits per heavy atom. The zero-order chi connectivity index (χ0) is 15.4. The second-order valence-corrected chi connectivity index (χ2v) is 7.19. The lowest BCUT2D eigenvalue weighted by Gasteiger charge is -2.25. The largest absolute Gasteiger partial charge is 0.351 e. The van der Waals surface area contributed by atoms with Crippen molar-refractivity contribution in [2.45, 2.75) is 18.3 Å². The van der Waals surface area contributed by atoms with Crippen LogP contribution in [0.25, 0.3) is 22.2 Å². The second kappa shape index (κ2) is 4.68. The lowest BCUT2D eigenvalue weighted by atomic mass is 9.78. The van der Waals surface area contributed by atoms with Crippen molar-refractivity contribution < 1.29 is 0 Å². The van der Waals surface area contributed by atoms with Crippen molar-refractivity contribution in [3.05, 3.63) is 54.4 Å². The van der Waals surface area contributed by atoms with Crippen molar-refractivity contribution in [2.24, 2.45) is 7.05 Å². The highest BCUT2D eigenvalue weighted by Gasteiger charge is 2.44. The molecule has 0 radical (unpaired) electrons. The number of hydrogen-bond acceptors (Lipinski definition) is 2. The molecule has 3 aromatic rings. The molecule has 0 aliphatic carbocycles. The van der Waals surface area contributed by atoms with Gasteiger partial charge < -0.3 is 9.47 Å². The highest BCUT2D eigenvalue weighted by atomic mass is 15.2. The first-order valence-electron chi connectivity index (χ1n) is 8.48. The molecule has 3 heteroatoms. The summed E-state index contributed by atoms with van der Waals surface area (Å²) in [5, 5.41) is 1.28. The van der Waals surface area contributed by atoms with Gasteiger partial charge in [-0.05, 0) is 55.1 Å². The van der Waals surface area contributed by atoms with Crippen LogP contribution in [0.2, 0.25) is 0 Å². The Kier molecular flexibility index (Phi) is 2.71. The van der Waals surface area contributed by atoms with E-state index in [4.69, 9.17) is 4.98 Å². The van der Waals surface area contributed by atoms with Gasteiger partial charge in [-0.3, -0.25) is 4.98 Å². The topological polar surface area (TPSA) is 21.1 Å². The van der Waals surface area contributed by atoms with Crippen molar-refractivity contribution >= 4 is 10.9 Å². The van der Waals surface area contributed by atoms with Gasteiger partial charge in [0.15, 0.2) is 0 Å². The van der Waals surface area contributed by atoms with Gasteiger partial charge in [0.25, 0.3) is 0 Å². The highest BCUT2D eigenvalue weighted by Crippen LogP contribution is 2.43. The van der Waals surface area contributed by atoms with Crippen LogP contribution in [0.4, 0.5) is 0 Å². The molecule has 0 amide bonds. The van der Waals surface area contributed by atoms with Crippen LogP contribution in [0.1, 0.15) is 18.4 Å². The van der Waals surface area contributed by atoms with Crippen LogP contribution in [0.5, 0.6) is 0 Å². The van der Waals surface area contributed by atoms with E-state index in [2.05, 4.69) is 65.3 Å². The average Bonchev–Trinajstić information content (AvgIpc) is 3.31. The Balaban J connectivity index is 1.52. The van der Waals surface area contributed by atoms with Crippen LogP contribution in [0.15, 0.2) is 48.8 Å². The molecular formula is C20H21N3. The molecule has 2 aromatic heterocycles. The molecule has 2 bridgehead atoms. The molecule has 0 unspecified atom stereocenters. The van der Waals surface area contributed by atoms with Gasteiger partial charge in [-0.25, -0.2) is 0 Å². The predicted molar refractivity (Wildman–Crippen MR) is 93.5 cm³/mol. The summed E-state index contributed by atoms with van der Waals surface area (Å²) in [7, 11) is 2.09. The molecular weight excluding hydrogens is 282 g/mol. The maximum Gasteiger partial charge on any atom is 0.0702 e. The normalized spacial score (nSPS) is 26.2. The fourth-order valence-corrected chi connectivity index (χ4v) is 4.41. The summed E-state index contributed by atoms with van der Waals surface area (Å²) in [5.74, 6) is 0. The molecule has 1 aromatic carbocycles. The summed E-state index contributed by atoms with van der Waals surface area (Å²) in [6.45, 7) is 3.74. The predicted octanol–water partition coefficient (Wildman–Crippen LogP) is 3.59. The van der Waals surface area contributed by atoms with Crippen LogP contribution in [-0.4, -0.2) is 34.1 Å². The highest BCUT2D eigenvalue weighted by molar-refractivity contribution is 5.84. The molecule has 4 heterocycles. The van der Waals surface area contributed by atoms with E-state index in [1.165, 1.54) is 54.5 Å². The van der Waals surface area contributed by atoms with Crippen LogP contribution >= 0.6 is 0 Å². The molecule has 0 saturated carbocycles. The molecule has 2 aliphatic heterocycles. The van der Waals surface area contributed by atoms with E-state index in [1.54, 1.807) is 0 Å². The monoisotopic (exact) mass is 303 g/mol. The number of hydrogen-bond donors (Lipinski definition) is 0. The molecule has 0 spiro atoms.